The van der Waals surface area contributed by atoms with E-state index in [2.05, 4.69) is 23.1 Å². The highest BCUT2D eigenvalue weighted by Crippen LogP contribution is 2.21. The summed E-state index contributed by atoms with van der Waals surface area (Å²) in [6, 6.07) is 1.64. The van der Waals surface area contributed by atoms with Crippen LogP contribution >= 0.6 is 35.2 Å². The second-order valence-electron chi connectivity index (χ2n) is 2.04. The molecule has 0 fully saturated rings. The van der Waals surface area contributed by atoms with Crippen LogP contribution in [0.25, 0.3) is 0 Å². The number of hydrogen-bond acceptors (Lipinski definition) is 3. The molecule has 0 aliphatic carbocycles. The second-order valence-corrected chi connectivity index (χ2v) is 3.80. The highest BCUT2D eigenvalue weighted by molar-refractivity contribution is 7.80. The molecule has 4 N–H and O–H groups in total. The van der Waals surface area contributed by atoms with Crippen molar-refractivity contribution in [3.05, 3.63) is 21.3 Å². The van der Waals surface area contributed by atoms with Gasteiger partial charge in [-0.2, -0.15) is 0 Å². The summed E-state index contributed by atoms with van der Waals surface area (Å²) < 4.78 is 0. The van der Waals surface area contributed by atoms with Crippen molar-refractivity contribution in [1.82, 2.24) is 10.9 Å². The van der Waals surface area contributed by atoms with Gasteiger partial charge in [0.2, 0.25) is 0 Å². The molecule has 1 aromatic heterocycles. The maximum absolute atomic E-state index is 11.3. The van der Waals surface area contributed by atoms with Crippen LogP contribution in [-0.2, 0) is 0 Å². The third kappa shape index (κ3) is 2.83. The molecule has 70 valence electrons. The molecule has 0 saturated heterocycles. The van der Waals surface area contributed by atoms with E-state index in [4.69, 9.17) is 17.3 Å². The summed E-state index contributed by atoms with van der Waals surface area (Å²) in [7, 11) is 0. The van der Waals surface area contributed by atoms with E-state index >= 15 is 0 Å². The Bertz CT molecular complexity index is 338. The largest absolute Gasteiger partial charge is 0.375 e. The van der Waals surface area contributed by atoms with Crippen LogP contribution in [0.3, 0.4) is 0 Å². The molecule has 1 rings (SSSR count). The minimum absolute atomic E-state index is 0.000952. The number of rotatable bonds is 1. The van der Waals surface area contributed by atoms with Gasteiger partial charge in [-0.25, -0.2) is 0 Å². The van der Waals surface area contributed by atoms with Gasteiger partial charge in [0.25, 0.3) is 5.91 Å². The van der Waals surface area contributed by atoms with E-state index in [9.17, 15) is 4.79 Å². The normalized spacial score (nSPS) is 9.31. The van der Waals surface area contributed by atoms with Gasteiger partial charge in [-0.15, -0.1) is 11.3 Å². The fourth-order valence-corrected chi connectivity index (χ4v) is 1.72. The lowest BCUT2D eigenvalue weighted by molar-refractivity contribution is 0.0948. The molecule has 7 heteroatoms. The van der Waals surface area contributed by atoms with Crippen LogP contribution in [0.1, 0.15) is 9.67 Å². The Labute approximate surface area is 89.0 Å². The van der Waals surface area contributed by atoms with E-state index in [1.54, 1.807) is 11.4 Å². The summed E-state index contributed by atoms with van der Waals surface area (Å²) in [4.78, 5) is 11.7. The Hall–Kier alpha value is -0.850. The van der Waals surface area contributed by atoms with E-state index < -0.39 is 0 Å². The van der Waals surface area contributed by atoms with Crippen molar-refractivity contribution in [3.63, 3.8) is 0 Å². The molecular formula is C6H6ClN3OS2. The van der Waals surface area contributed by atoms with Gasteiger partial charge in [-0.1, -0.05) is 11.6 Å². The number of thiocarbonyl (C=S) groups is 1. The molecule has 13 heavy (non-hydrogen) atoms. The molecule has 0 radical (unpaired) electrons. The predicted molar refractivity (Wildman–Crippen MR) is 56.7 cm³/mol. The number of carbonyl (C=O) groups is 1. The summed E-state index contributed by atoms with van der Waals surface area (Å²) >= 11 is 11.4. The molecule has 0 bridgehead atoms. The molecule has 4 nitrogen and oxygen atoms in total. The second kappa shape index (κ2) is 4.40. The number of hydrogen-bond donors (Lipinski definition) is 3. The highest BCUT2D eigenvalue weighted by Gasteiger charge is 2.10. The molecule has 0 aliphatic rings. The lowest BCUT2D eigenvalue weighted by Crippen LogP contribution is -2.44. The molecular weight excluding hydrogens is 230 g/mol. The Morgan fingerprint density at radius 1 is 1.62 bits per heavy atom. The molecule has 0 saturated carbocycles. The predicted octanol–water partition coefficient (Wildman–Crippen LogP) is 0.880. The molecule has 1 heterocycles. The zero-order chi connectivity index (χ0) is 9.84. The van der Waals surface area contributed by atoms with Crippen molar-refractivity contribution in [3.8, 4) is 0 Å². The Balaban J connectivity index is 2.59. The minimum Gasteiger partial charge on any atom is -0.375 e. The standard InChI is InChI=1S/C6H6ClN3OS2/c7-3-1-2-13-4(3)5(11)9-10-6(8)12/h1-2H,(H,9,11)(H3,8,10,12). The Morgan fingerprint density at radius 3 is 2.77 bits per heavy atom. The van der Waals surface area contributed by atoms with Gasteiger partial charge in [0.15, 0.2) is 5.11 Å². The molecule has 0 spiro atoms. The first-order valence-corrected chi connectivity index (χ1v) is 4.86. The first-order chi connectivity index (χ1) is 6.11. The van der Waals surface area contributed by atoms with Crippen LogP contribution in [0.15, 0.2) is 11.4 Å². The molecule has 0 unspecified atom stereocenters. The van der Waals surface area contributed by atoms with Crippen molar-refractivity contribution < 1.29 is 4.79 Å². The maximum atomic E-state index is 11.3. The number of hydrazine groups is 1. The van der Waals surface area contributed by atoms with Crippen LogP contribution in [-0.4, -0.2) is 11.0 Å². The van der Waals surface area contributed by atoms with Crippen LogP contribution in [0, 0.1) is 0 Å². The van der Waals surface area contributed by atoms with Crippen molar-refractivity contribution in [2.75, 3.05) is 0 Å². The summed E-state index contributed by atoms with van der Waals surface area (Å²) in [6.45, 7) is 0. The summed E-state index contributed by atoms with van der Waals surface area (Å²) in [6.07, 6.45) is 0. The number of carbonyl (C=O) groups excluding carboxylic acids is 1. The average molecular weight is 236 g/mol. The van der Waals surface area contributed by atoms with Crippen LogP contribution in [0.5, 0.6) is 0 Å². The van der Waals surface area contributed by atoms with Crippen molar-refractivity contribution in [2.45, 2.75) is 0 Å². The quantitative estimate of drug-likeness (QED) is 0.499. The third-order valence-electron chi connectivity index (χ3n) is 1.12. The van der Waals surface area contributed by atoms with Crippen LogP contribution in [0.2, 0.25) is 5.02 Å². The van der Waals surface area contributed by atoms with Gasteiger partial charge < -0.3 is 5.73 Å². The number of nitrogens with two attached hydrogens (primary N) is 1. The van der Waals surface area contributed by atoms with Crippen LogP contribution < -0.4 is 16.6 Å². The minimum atomic E-state index is -0.354. The molecule has 0 aliphatic heterocycles. The Morgan fingerprint density at radius 2 is 2.31 bits per heavy atom. The smallest absolute Gasteiger partial charge is 0.281 e. The molecule has 0 atom stereocenters. The van der Waals surface area contributed by atoms with Crippen molar-refractivity contribution in [2.24, 2.45) is 5.73 Å². The van der Waals surface area contributed by atoms with E-state index in [0.717, 1.165) is 0 Å². The first-order valence-electron chi connectivity index (χ1n) is 3.20. The lowest BCUT2D eigenvalue weighted by Gasteiger charge is -2.04. The van der Waals surface area contributed by atoms with Gasteiger partial charge >= 0.3 is 0 Å². The fourth-order valence-electron chi connectivity index (χ4n) is 0.631. The van der Waals surface area contributed by atoms with E-state index in [0.29, 0.717) is 9.90 Å². The first kappa shape index (κ1) is 10.2. The van der Waals surface area contributed by atoms with E-state index in [-0.39, 0.29) is 11.0 Å². The summed E-state index contributed by atoms with van der Waals surface area (Å²) in [5.41, 5.74) is 9.72. The molecule has 0 aromatic carbocycles. The zero-order valence-electron chi connectivity index (χ0n) is 6.33. The summed E-state index contributed by atoms with van der Waals surface area (Å²) in [5.74, 6) is -0.354. The van der Waals surface area contributed by atoms with Gasteiger partial charge in [-0.05, 0) is 23.7 Å². The molecule has 1 aromatic rings. The number of amides is 1. The topological polar surface area (TPSA) is 67.2 Å². The van der Waals surface area contributed by atoms with Gasteiger partial charge in [0.1, 0.15) is 4.88 Å². The van der Waals surface area contributed by atoms with Crippen molar-refractivity contribution in [1.29, 1.82) is 0 Å². The average Bonchev–Trinajstić information content (AvgIpc) is 2.47. The van der Waals surface area contributed by atoms with Crippen molar-refractivity contribution >= 4 is 46.2 Å². The lowest BCUT2D eigenvalue weighted by atomic mass is 10.4. The maximum Gasteiger partial charge on any atom is 0.281 e. The Kier molecular flexibility index (Phi) is 3.47. The van der Waals surface area contributed by atoms with E-state index in [1.807, 2.05) is 0 Å². The number of nitrogens with one attached hydrogen (secondary N) is 2. The van der Waals surface area contributed by atoms with Gasteiger partial charge in [-0.3, -0.25) is 15.6 Å². The number of thiophene rings is 1. The third-order valence-corrected chi connectivity index (χ3v) is 2.56. The molecule has 1 amide bonds. The monoisotopic (exact) mass is 235 g/mol. The van der Waals surface area contributed by atoms with Gasteiger partial charge in [0, 0.05) is 0 Å². The SMILES string of the molecule is NC(=S)NNC(=O)c1sccc1Cl. The highest BCUT2D eigenvalue weighted by atomic mass is 35.5. The van der Waals surface area contributed by atoms with Crippen LogP contribution in [0.4, 0.5) is 0 Å². The fraction of sp³-hybridized carbons (Fsp3) is 0. The van der Waals surface area contributed by atoms with E-state index in [1.165, 1.54) is 11.3 Å². The summed E-state index contributed by atoms with van der Waals surface area (Å²) in [5, 5.41) is 2.13. The zero-order valence-corrected chi connectivity index (χ0v) is 8.72. The number of halogens is 1. The van der Waals surface area contributed by atoms with Gasteiger partial charge in [0.05, 0.1) is 5.02 Å².